The third-order valence-electron chi connectivity index (χ3n) is 5.84. The normalized spacial score (nSPS) is 18.5. The van der Waals surface area contributed by atoms with Crippen molar-refractivity contribution in [1.82, 2.24) is 25.3 Å². The van der Waals surface area contributed by atoms with Gasteiger partial charge in [-0.15, -0.1) is 0 Å². The Labute approximate surface area is 208 Å². The molecular weight excluding hydrogens is 501 g/mol. The first-order chi connectivity index (χ1) is 17.6. The van der Waals surface area contributed by atoms with Crippen LogP contribution in [0.2, 0.25) is 0 Å². The SMILES string of the molecule is C[C@@H](NC(=O)c1ncc2c(n1)N(C(=O)Nc1cnc(OC[C@H](O)CO)cn1)[C@H]1CCCN2C1)C(F)(F)F. The molecule has 2 aliphatic heterocycles. The van der Waals surface area contributed by atoms with Crippen LogP contribution in [-0.2, 0) is 0 Å². The molecule has 0 spiro atoms. The first-order valence-electron chi connectivity index (χ1n) is 11.4. The summed E-state index contributed by atoms with van der Waals surface area (Å²) in [6.45, 7) is 1.30. The molecule has 3 atom stereocenters. The lowest BCUT2D eigenvalue weighted by Crippen LogP contribution is -2.56. The Bertz CT molecular complexity index is 1140. The van der Waals surface area contributed by atoms with Gasteiger partial charge < -0.3 is 25.2 Å². The minimum atomic E-state index is -4.64. The summed E-state index contributed by atoms with van der Waals surface area (Å²) in [4.78, 5) is 45.2. The minimum absolute atomic E-state index is 0.0632. The molecule has 0 unspecified atom stereocenters. The number of alkyl halides is 3. The Morgan fingerprint density at radius 2 is 2.03 bits per heavy atom. The number of urea groups is 1. The number of hydrogen-bond acceptors (Lipinski definition) is 10. The first kappa shape index (κ1) is 26.3. The lowest BCUT2D eigenvalue weighted by molar-refractivity contribution is -0.149. The number of aromatic nitrogens is 4. The number of carbonyl (C=O) groups excluding carboxylic acids is 2. The zero-order valence-corrected chi connectivity index (χ0v) is 19.6. The summed E-state index contributed by atoms with van der Waals surface area (Å²) in [5.74, 6) is -1.38. The van der Waals surface area contributed by atoms with Gasteiger partial charge in [-0.2, -0.15) is 13.2 Å². The van der Waals surface area contributed by atoms with Crippen LogP contribution in [0.5, 0.6) is 5.88 Å². The summed E-state index contributed by atoms with van der Waals surface area (Å²) in [7, 11) is 0. The molecule has 4 heterocycles. The lowest BCUT2D eigenvalue weighted by Gasteiger charge is -2.45. The Hall–Kier alpha value is -3.79. The zero-order valence-electron chi connectivity index (χ0n) is 19.6. The van der Waals surface area contributed by atoms with Crippen molar-refractivity contribution in [2.24, 2.45) is 0 Å². The number of hydrogen-bond donors (Lipinski definition) is 4. The Kier molecular flexibility index (Phi) is 7.58. The van der Waals surface area contributed by atoms with Crippen LogP contribution in [0.3, 0.4) is 0 Å². The maximum Gasteiger partial charge on any atom is 0.408 e. The number of aliphatic hydroxyl groups excluding tert-OH is 2. The van der Waals surface area contributed by atoms with Crippen molar-refractivity contribution < 1.29 is 37.7 Å². The van der Waals surface area contributed by atoms with Gasteiger partial charge in [0.2, 0.25) is 11.7 Å². The number of halogens is 3. The van der Waals surface area contributed by atoms with E-state index in [0.717, 1.165) is 13.3 Å². The molecule has 0 saturated carbocycles. The topological polar surface area (TPSA) is 166 Å². The molecule has 2 bridgehead atoms. The maximum atomic E-state index is 13.3. The van der Waals surface area contributed by atoms with Crippen molar-refractivity contribution >= 4 is 29.3 Å². The van der Waals surface area contributed by atoms with Crippen LogP contribution in [-0.4, -0.2) is 92.8 Å². The average Bonchev–Trinajstić information content (AvgIpc) is 2.87. The van der Waals surface area contributed by atoms with Crippen molar-refractivity contribution in [2.75, 3.05) is 41.4 Å². The third-order valence-corrected chi connectivity index (χ3v) is 5.84. The van der Waals surface area contributed by atoms with E-state index >= 15 is 0 Å². The second-order valence-corrected chi connectivity index (χ2v) is 8.57. The van der Waals surface area contributed by atoms with Crippen molar-refractivity contribution in [1.29, 1.82) is 0 Å². The Morgan fingerprint density at radius 3 is 2.70 bits per heavy atom. The number of piperidine rings is 1. The fourth-order valence-corrected chi connectivity index (χ4v) is 3.90. The van der Waals surface area contributed by atoms with Crippen molar-refractivity contribution in [2.45, 2.75) is 44.1 Å². The number of carbonyl (C=O) groups is 2. The van der Waals surface area contributed by atoms with E-state index in [9.17, 15) is 27.9 Å². The monoisotopic (exact) mass is 526 g/mol. The van der Waals surface area contributed by atoms with E-state index in [1.165, 1.54) is 23.5 Å². The molecule has 4 N–H and O–H groups in total. The molecule has 16 heteroatoms. The van der Waals surface area contributed by atoms with E-state index in [2.05, 4.69) is 25.3 Å². The number of amides is 3. The summed E-state index contributed by atoms with van der Waals surface area (Å²) in [6, 6.07) is -3.04. The predicted octanol–water partition coefficient (Wildman–Crippen LogP) is 0.700. The van der Waals surface area contributed by atoms with Gasteiger partial charge >= 0.3 is 12.2 Å². The first-order valence-corrected chi connectivity index (χ1v) is 11.4. The highest BCUT2D eigenvalue weighted by atomic mass is 19.4. The number of nitrogens with zero attached hydrogens (tertiary/aromatic N) is 6. The van der Waals surface area contributed by atoms with Gasteiger partial charge in [0.15, 0.2) is 11.6 Å². The highest BCUT2D eigenvalue weighted by Crippen LogP contribution is 2.37. The van der Waals surface area contributed by atoms with Crippen LogP contribution >= 0.6 is 0 Å². The molecule has 2 aromatic heterocycles. The van der Waals surface area contributed by atoms with Gasteiger partial charge in [0.25, 0.3) is 5.91 Å². The largest absolute Gasteiger partial charge is 0.474 e. The van der Waals surface area contributed by atoms with E-state index in [-0.39, 0.29) is 30.2 Å². The molecule has 13 nitrogen and oxygen atoms in total. The quantitative estimate of drug-likeness (QED) is 0.403. The Morgan fingerprint density at radius 1 is 1.24 bits per heavy atom. The maximum absolute atomic E-state index is 13.3. The number of fused-ring (bicyclic) bond motifs is 4. The molecule has 0 aromatic carbocycles. The second-order valence-electron chi connectivity index (χ2n) is 8.57. The Balaban J connectivity index is 1.54. The fourth-order valence-electron chi connectivity index (χ4n) is 3.90. The van der Waals surface area contributed by atoms with Gasteiger partial charge in [0, 0.05) is 13.1 Å². The minimum Gasteiger partial charge on any atom is -0.474 e. The molecule has 200 valence electrons. The van der Waals surface area contributed by atoms with Gasteiger partial charge in [-0.05, 0) is 19.8 Å². The van der Waals surface area contributed by atoms with E-state index in [4.69, 9.17) is 9.84 Å². The third kappa shape index (κ3) is 5.96. The number of ether oxygens (including phenoxy) is 1. The summed E-state index contributed by atoms with van der Waals surface area (Å²) in [5, 5.41) is 22.6. The van der Waals surface area contributed by atoms with Gasteiger partial charge in [-0.25, -0.2) is 24.7 Å². The summed E-state index contributed by atoms with van der Waals surface area (Å²) in [6.07, 6.45) is -0.521. The van der Waals surface area contributed by atoms with E-state index in [1.807, 2.05) is 10.2 Å². The van der Waals surface area contributed by atoms with E-state index in [0.29, 0.717) is 25.2 Å². The number of nitrogens with one attached hydrogen (secondary N) is 2. The van der Waals surface area contributed by atoms with Crippen molar-refractivity contribution in [3.05, 3.63) is 24.4 Å². The van der Waals surface area contributed by atoms with Crippen LogP contribution in [0.1, 0.15) is 30.4 Å². The molecule has 3 amide bonds. The van der Waals surface area contributed by atoms with Gasteiger partial charge in [-0.1, -0.05) is 0 Å². The van der Waals surface area contributed by atoms with Crippen molar-refractivity contribution in [3.8, 4) is 5.88 Å². The molecule has 1 fully saturated rings. The standard InChI is InChI=1S/C21H25F3N8O5/c1-11(21(22,23)24)28-19(35)17-27-5-14-18(30-17)32(12-3-2-4-31(14)8-12)20(36)29-15-6-26-16(7-25-15)37-10-13(34)9-33/h5-7,11-13,33-34H,2-4,8-10H2,1H3,(H,28,35)(H,25,29,36)/t11-,12+,13-/m1/s1. The van der Waals surface area contributed by atoms with Gasteiger partial charge in [0.1, 0.15) is 18.8 Å². The molecule has 0 radical (unpaired) electrons. The molecule has 1 saturated heterocycles. The van der Waals surface area contributed by atoms with Gasteiger partial charge in [-0.3, -0.25) is 15.0 Å². The van der Waals surface area contributed by atoms with Crippen LogP contribution in [0.15, 0.2) is 18.6 Å². The second kappa shape index (κ2) is 10.7. The highest BCUT2D eigenvalue weighted by molar-refractivity contribution is 6.04. The fraction of sp³-hybridized carbons (Fsp3) is 0.524. The average molecular weight is 526 g/mol. The summed E-state index contributed by atoms with van der Waals surface area (Å²) >= 11 is 0. The summed E-state index contributed by atoms with van der Waals surface area (Å²) in [5.41, 5.74) is 0.476. The predicted molar refractivity (Wildman–Crippen MR) is 122 cm³/mol. The smallest absolute Gasteiger partial charge is 0.408 e. The molecule has 2 aliphatic rings. The highest BCUT2D eigenvalue weighted by Gasteiger charge is 2.40. The number of aliphatic hydroxyl groups is 2. The van der Waals surface area contributed by atoms with Crippen LogP contribution in [0, 0.1) is 0 Å². The molecule has 0 aliphatic carbocycles. The molecule has 2 aromatic rings. The van der Waals surface area contributed by atoms with Crippen LogP contribution in [0.4, 0.5) is 35.3 Å². The number of rotatable bonds is 7. The molecular formula is C21H25F3N8O5. The lowest BCUT2D eigenvalue weighted by atomic mass is 10.0. The van der Waals surface area contributed by atoms with E-state index < -0.39 is 42.7 Å². The number of anilines is 3. The van der Waals surface area contributed by atoms with Gasteiger partial charge in [0.05, 0.1) is 36.9 Å². The zero-order chi connectivity index (χ0) is 26.7. The molecule has 4 rings (SSSR count). The molecule has 37 heavy (non-hydrogen) atoms. The van der Waals surface area contributed by atoms with Crippen molar-refractivity contribution in [3.63, 3.8) is 0 Å². The van der Waals surface area contributed by atoms with Crippen LogP contribution in [0.25, 0.3) is 0 Å². The van der Waals surface area contributed by atoms with Crippen LogP contribution < -0.4 is 25.2 Å². The summed E-state index contributed by atoms with van der Waals surface area (Å²) < 4.78 is 43.8. The van der Waals surface area contributed by atoms with E-state index in [1.54, 1.807) is 0 Å².